The molecule has 0 N–H and O–H groups in total. The average molecular weight is 407 g/mol. The second-order valence-corrected chi connectivity index (χ2v) is 7.92. The minimum atomic E-state index is -0.898. The van der Waals surface area contributed by atoms with Gasteiger partial charge in [-0.3, -0.25) is 4.79 Å². The average Bonchev–Trinajstić information content (AvgIpc) is 3.17. The van der Waals surface area contributed by atoms with E-state index < -0.39 is 17.6 Å². The predicted molar refractivity (Wildman–Crippen MR) is 109 cm³/mol. The topological polar surface area (TPSA) is 64.4 Å². The first-order valence-corrected chi connectivity index (χ1v) is 9.62. The summed E-state index contributed by atoms with van der Waals surface area (Å²) in [5.74, 6) is -1.06. The first-order valence-electron chi connectivity index (χ1n) is 9.62. The van der Waals surface area contributed by atoms with Crippen molar-refractivity contribution in [2.24, 2.45) is 0 Å². The molecular formula is C23H22FN3O3. The molecule has 7 heteroatoms. The molecule has 2 aromatic carbocycles. The second kappa shape index (κ2) is 7.40. The highest BCUT2D eigenvalue weighted by molar-refractivity contribution is 5.94. The van der Waals surface area contributed by atoms with Crippen LogP contribution in [0.1, 0.15) is 51.9 Å². The number of ether oxygens (including phenoxy) is 1. The summed E-state index contributed by atoms with van der Waals surface area (Å²) in [4.78, 5) is 31.3. The number of imidazole rings is 1. The largest absolute Gasteiger partial charge is 0.453 e. The molecule has 0 saturated heterocycles. The molecule has 0 fully saturated rings. The van der Waals surface area contributed by atoms with Crippen LogP contribution >= 0.6 is 0 Å². The number of benzene rings is 2. The van der Waals surface area contributed by atoms with E-state index in [1.807, 2.05) is 26.0 Å². The van der Waals surface area contributed by atoms with Gasteiger partial charge in [-0.15, -0.1) is 0 Å². The van der Waals surface area contributed by atoms with Crippen LogP contribution in [-0.2, 0) is 11.3 Å². The highest BCUT2D eigenvalue weighted by Crippen LogP contribution is 2.40. The summed E-state index contributed by atoms with van der Waals surface area (Å²) in [7, 11) is 1.62. The number of hydrogen-bond donors (Lipinski definition) is 0. The third kappa shape index (κ3) is 3.36. The minimum absolute atomic E-state index is 0.121. The summed E-state index contributed by atoms with van der Waals surface area (Å²) < 4.78 is 21.4. The van der Waals surface area contributed by atoms with Crippen molar-refractivity contribution < 1.29 is 18.7 Å². The summed E-state index contributed by atoms with van der Waals surface area (Å²) in [5, 5.41) is 0. The van der Waals surface area contributed by atoms with Gasteiger partial charge >= 0.3 is 5.97 Å². The van der Waals surface area contributed by atoms with E-state index in [4.69, 9.17) is 4.74 Å². The van der Waals surface area contributed by atoms with Gasteiger partial charge in [0.1, 0.15) is 23.2 Å². The number of halogens is 1. The lowest BCUT2D eigenvalue weighted by Crippen LogP contribution is -2.44. The van der Waals surface area contributed by atoms with Crippen LogP contribution in [0.2, 0.25) is 0 Å². The smallest absolute Gasteiger partial charge is 0.339 e. The van der Waals surface area contributed by atoms with Crippen molar-refractivity contribution in [2.75, 3.05) is 7.05 Å². The van der Waals surface area contributed by atoms with Crippen molar-refractivity contribution in [3.05, 3.63) is 89.3 Å². The van der Waals surface area contributed by atoms with Gasteiger partial charge in [-0.1, -0.05) is 36.4 Å². The van der Waals surface area contributed by atoms with Gasteiger partial charge in [0.2, 0.25) is 0 Å². The highest BCUT2D eigenvalue weighted by Gasteiger charge is 2.44. The molecule has 1 unspecified atom stereocenters. The Morgan fingerprint density at radius 1 is 1.20 bits per heavy atom. The number of esters is 1. The minimum Gasteiger partial charge on any atom is -0.453 e. The van der Waals surface area contributed by atoms with Gasteiger partial charge in [-0.2, -0.15) is 0 Å². The summed E-state index contributed by atoms with van der Waals surface area (Å²) in [6.45, 7) is 3.74. The highest BCUT2D eigenvalue weighted by atomic mass is 19.1. The van der Waals surface area contributed by atoms with Crippen LogP contribution in [0.25, 0.3) is 0 Å². The van der Waals surface area contributed by atoms with Gasteiger partial charge in [-0.25, -0.2) is 14.2 Å². The van der Waals surface area contributed by atoms with Crippen LogP contribution in [-0.4, -0.2) is 39.0 Å². The fraction of sp³-hybridized carbons (Fsp3) is 0.261. The van der Waals surface area contributed by atoms with E-state index in [1.54, 1.807) is 48.3 Å². The Labute approximate surface area is 173 Å². The fourth-order valence-electron chi connectivity index (χ4n) is 3.96. The maximum atomic E-state index is 14.0. The Hall–Kier alpha value is -3.48. The lowest BCUT2D eigenvalue weighted by Gasteiger charge is -2.40. The van der Waals surface area contributed by atoms with Crippen LogP contribution in [0, 0.1) is 5.82 Å². The summed E-state index contributed by atoms with van der Waals surface area (Å²) in [6.07, 6.45) is 3.04. The van der Waals surface area contributed by atoms with Crippen LogP contribution in [0.3, 0.4) is 0 Å². The van der Waals surface area contributed by atoms with Gasteiger partial charge < -0.3 is 14.2 Å². The zero-order chi connectivity index (χ0) is 21.5. The molecule has 6 nitrogen and oxygen atoms in total. The number of carbonyl (C=O) groups is 2. The summed E-state index contributed by atoms with van der Waals surface area (Å²) in [5.41, 5.74) is 1.10. The molecule has 1 aliphatic rings. The fourth-order valence-corrected chi connectivity index (χ4v) is 3.96. The Morgan fingerprint density at radius 2 is 1.90 bits per heavy atom. The maximum Gasteiger partial charge on any atom is 0.339 e. The lowest BCUT2D eigenvalue weighted by molar-refractivity contribution is -0.0264. The number of carbonyl (C=O) groups excluding carboxylic acids is 2. The number of aromatic nitrogens is 2. The summed E-state index contributed by atoms with van der Waals surface area (Å²) in [6, 6.07) is 13.1. The second-order valence-electron chi connectivity index (χ2n) is 7.92. The summed E-state index contributed by atoms with van der Waals surface area (Å²) >= 11 is 0. The van der Waals surface area contributed by atoms with Gasteiger partial charge in [0.05, 0.1) is 18.1 Å². The van der Waals surface area contributed by atoms with E-state index in [1.165, 1.54) is 17.2 Å². The van der Waals surface area contributed by atoms with Crippen molar-refractivity contribution in [3.8, 4) is 0 Å². The monoisotopic (exact) mass is 407 g/mol. The molecule has 0 saturated carbocycles. The molecule has 0 bridgehead atoms. The van der Waals surface area contributed by atoms with E-state index in [-0.39, 0.29) is 18.3 Å². The van der Waals surface area contributed by atoms with Crippen LogP contribution < -0.4 is 0 Å². The molecule has 1 amide bonds. The normalized spacial score (nSPS) is 17.2. The molecule has 4 rings (SSSR count). The lowest BCUT2D eigenvalue weighted by atomic mass is 9.85. The third-order valence-electron chi connectivity index (χ3n) is 5.36. The van der Waals surface area contributed by atoms with Crippen molar-refractivity contribution in [3.63, 3.8) is 0 Å². The molecule has 154 valence electrons. The Bertz CT molecular complexity index is 1120. The van der Waals surface area contributed by atoms with Gasteiger partial charge in [-0.05, 0) is 31.5 Å². The van der Waals surface area contributed by atoms with Gasteiger partial charge in [0.15, 0.2) is 0 Å². The quantitative estimate of drug-likeness (QED) is 0.617. The van der Waals surface area contributed by atoms with Crippen molar-refractivity contribution >= 4 is 11.9 Å². The van der Waals surface area contributed by atoms with E-state index in [9.17, 15) is 14.0 Å². The van der Waals surface area contributed by atoms with E-state index in [0.29, 0.717) is 16.8 Å². The molecule has 1 aliphatic heterocycles. The Balaban J connectivity index is 1.71. The molecule has 0 spiro atoms. The van der Waals surface area contributed by atoms with Crippen molar-refractivity contribution in [1.29, 1.82) is 0 Å². The Morgan fingerprint density at radius 3 is 2.67 bits per heavy atom. The molecule has 1 aromatic heterocycles. The molecule has 1 atom stereocenters. The SMILES string of the molecule is CN(Cc1ccccc1F)C(=O)c1cncn1C1c2ccccc2C(=O)OC1(C)C. The van der Waals surface area contributed by atoms with E-state index in [0.717, 1.165) is 5.56 Å². The number of amides is 1. The van der Waals surface area contributed by atoms with E-state index in [2.05, 4.69) is 4.98 Å². The van der Waals surface area contributed by atoms with Crippen LogP contribution in [0.5, 0.6) is 0 Å². The number of rotatable bonds is 4. The van der Waals surface area contributed by atoms with Crippen LogP contribution in [0.15, 0.2) is 61.1 Å². The van der Waals surface area contributed by atoms with Crippen molar-refractivity contribution in [2.45, 2.75) is 32.0 Å². The van der Waals surface area contributed by atoms with Crippen LogP contribution in [0.4, 0.5) is 4.39 Å². The van der Waals surface area contributed by atoms with Gasteiger partial charge in [0.25, 0.3) is 5.91 Å². The van der Waals surface area contributed by atoms with Gasteiger partial charge in [0, 0.05) is 19.2 Å². The zero-order valence-corrected chi connectivity index (χ0v) is 17.0. The molecule has 0 radical (unpaired) electrons. The third-order valence-corrected chi connectivity index (χ3v) is 5.36. The molecule has 3 aromatic rings. The zero-order valence-electron chi connectivity index (χ0n) is 17.0. The molecular weight excluding hydrogens is 385 g/mol. The molecule has 0 aliphatic carbocycles. The molecule has 30 heavy (non-hydrogen) atoms. The first kappa shape index (κ1) is 19.8. The molecule has 2 heterocycles. The maximum absolute atomic E-state index is 14.0. The predicted octanol–water partition coefficient (Wildman–Crippen LogP) is 3.83. The number of cyclic esters (lactones) is 1. The number of hydrogen-bond acceptors (Lipinski definition) is 4. The number of nitrogens with zero attached hydrogens (tertiary/aromatic N) is 3. The van der Waals surface area contributed by atoms with Crippen molar-refractivity contribution in [1.82, 2.24) is 14.5 Å². The van der Waals surface area contributed by atoms with E-state index >= 15 is 0 Å². The standard InChI is InChI=1S/C23H22FN3O3/c1-23(2)20(16-9-5-6-10-17(16)22(29)30-23)27-14-25-12-19(27)21(28)26(3)13-15-8-4-7-11-18(15)24/h4-12,14,20H,13H2,1-3H3. The first-order chi connectivity index (χ1) is 14.3. The Kier molecular flexibility index (Phi) is 4.89. The number of fused-ring (bicyclic) bond motifs is 1.